The smallest absolute Gasteiger partial charge is 0.416 e. The Kier molecular flexibility index (Phi) is 9.94. The minimum absolute atomic E-state index is 0.0343. The third-order valence-corrected chi connectivity index (χ3v) is 9.12. The molecule has 0 radical (unpaired) electrons. The number of alkyl halides is 3. The number of Topliss-reactive ketones (excluding diaryl/α,β-unsaturated/α-hetero) is 1. The van der Waals surface area contributed by atoms with Gasteiger partial charge in [0.05, 0.1) is 37.5 Å². The minimum Gasteiger partial charge on any atom is -0.493 e. The van der Waals surface area contributed by atoms with Gasteiger partial charge >= 0.3 is 6.18 Å². The molecule has 2 N–H and O–H groups in total. The highest BCUT2D eigenvalue weighted by molar-refractivity contribution is 6.30. The number of hydrogen-bond acceptors (Lipinski definition) is 6. The summed E-state index contributed by atoms with van der Waals surface area (Å²) in [6, 6.07) is 23.6. The molecule has 11 heteroatoms. The van der Waals surface area contributed by atoms with E-state index in [0.29, 0.717) is 35.4 Å². The molecule has 0 spiro atoms. The summed E-state index contributed by atoms with van der Waals surface area (Å²) in [6.07, 6.45) is -4.66. The Morgan fingerprint density at radius 1 is 0.872 bits per heavy atom. The fourth-order valence-corrected chi connectivity index (χ4v) is 6.50. The van der Waals surface area contributed by atoms with Gasteiger partial charge in [-0.3, -0.25) is 20.3 Å². The van der Waals surface area contributed by atoms with Gasteiger partial charge in [0.25, 0.3) is 0 Å². The van der Waals surface area contributed by atoms with Crippen molar-refractivity contribution in [2.45, 2.75) is 37.4 Å². The van der Waals surface area contributed by atoms with Crippen LogP contribution < -0.4 is 15.4 Å². The Bertz CT molecular complexity index is 1640. The summed E-state index contributed by atoms with van der Waals surface area (Å²) in [6.45, 7) is 5.57. The van der Waals surface area contributed by atoms with Crippen LogP contribution in [0, 0.1) is 0 Å². The van der Waals surface area contributed by atoms with E-state index in [1.165, 1.54) is 6.07 Å². The standard InChI is InChI=1S/C36H34Cl2F3N3O3/c1-2-47-31-16-11-27(36(39,40)41)21-30(31)35(34(45)26-5-3-23(4-6-26)22-44-17-19-46-20-18-44)42-32(24-7-12-28(37)13-8-24)33(43-35)25-9-14-29(38)15-10-25/h3-16,21,32-33,42-43H,2,17-20,22H2,1H3. The highest BCUT2D eigenvalue weighted by atomic mass is 35.5. The zero-order valence-corrected chi connectivity index (χ0v) is 27.1. The van der Waals surface area contributed by atoms with Crippen molar-refractivity contribution in [2.75, 3.05) is 32.9 Å². The van der Waals surface area contributed by atoms with Crippen LogP contribution in [0.25, 0.3) is 0 Å². The Labute approximate surface area is 281 Å². The van der Waals surface area contributed by atoms with Crippen molar-refractivity contribution in [1.29, 1.82) is 0 Å². The first-order valence-electron chi connectivity index (χ1n) is 15.4. The van der Waals surface area contributed by atoms with Crippen molar-refractivity contribution in [3.8, 4) is 5.75 Å². The highest BCUT2D eigenvalue weighted by Crippen LogP contribution is 2.46. The van der Waals surface area contributed by atoms with E-state index in [4.69, 9.17) is 32.7 Å². The third kappa shape index (κ3) is 7.21. The molecule has 2 heterocycles. The molecule has 2 atom stereocenters. The van der Waals surface area contributed by atoms with E-state index in [2.05, 4.69) is 15.5 Å². The first-order valence-corrected chi connectivity index (χ1v) is 16.2. The number of hydrogen-bond donors (Lipinski definition) is 2. The van der Waals surface area contributed by atoms with E-state index < -0.39 is 35.3 Å². The molecule has 0 amide bonds. The molecule has 2 fully saturated rings. The van der Waals surface area contributed by atoms with Crippen molar-refractivity contribution in [2.24, 2.45) is 0 Å². The van der Waals surface area contributed by atoms with Gasteiger partial charge in [0.15, 0.2) is 5.66 Å². The van der Waals surface area contributed by atoms with E-state index in [1.807, 2.05) is 36.4 Å². The first kappa shape index (κ1) is 33.5. The lowest BCUT2D eigenvalue weighted by Gasteiger charge is -2.32. The average molecular weight is 685 g/mol. The van der Waals surface area contributed by atoms with Crippen LogP contribution in [0.15, 0.2) is 91.0 Å². The average Bonchev–Trinajstić information content (AvgIpc) is 3.47. The summed E-state index contributed by atoms with van der Waals surface area (Å²) in [5.74, 6) is -0.296. The summed E-state index contributed by atoms with van der Waals surface area (Å²) in [5, 5.41) is 7.99. The summed E-state index contributed by atoms with van der Waals surface area (Å²) in [7, 11) is 0. The lowest BCUT2D eigenvalue weighted by atomic mass is 9.88. The molecule has 246 valence electrons. The van der Waals surface area contributed by atoms with E-state index >= 15 is 0 Å². The Balaban J connectivity index is 1.49. The largest absolute Gasteiger partial charge is 0.493 e. The molecule has 2 aliphatic heterocycles. The molecule has 0 aromatic heterocycles. The lowest BCUT2D eigenvalue weighted by molar-refractivity contribution is -0.137. The number of rotatable bonds is 9. The van der Waals surface area contributed by atoms with Gasteiger partial charge in [-0.2, -0.15) is 13.2 Å². The van der Waals surface area contributed by atoms with E-state index in [-0.39, 0.29) is 17.9 Å². The molecule has 2 saturated heterocycles. The molecule has 0 bridgehead atoms. The molecule has 4 aromatic rings. The maximum absolute atomic E-state index is 14.9. The van der Waals surface area contributed by atoms with Crippen LogP contribution in [0.2, 0.25) is 10.0 Å². The van der Waals surface area contributed by atoms with Crippen molar-refractivity contribution in [3.05, 3.63) is 134 Å². The normalized spacial score (nSPS) is 21.9. The van der Waals surface area contributed by atoms with Gasteiger partial charge in [0.1, 0.15) is 5.75 Å². The maximum atomic E-state index is 14.9. The Hall–Kier alpha value is -3.44. The molecule has 47 heavy (non-hydrogen) atoms. The molecule has 6 nitrogen and oxygen atoms in total. The highest BCUT2D eigenvalue weighted by Gasteiger charge is 2.53. The van der Waals surface area contributed by atoms with Crippen molar-refractivity contribution in [3.63, 3.8) is 0 Å². The van der Waals surface area contributed by atoms with Crippen LogP contribution in [0.3, 0.4) is 0 Å². The van der Waals surface area contributed by atoms with Crippen molar-refractivity contribution < 1.29 is 27.4 Å². The molecule has 2 aliphatic rings. The summed E-state index contributed by atoms with van der Waals surface area (Å²) in [5.41, 5.74) is 0.202. The van der Waals surface area contributed by atoms with Gasteiger partial charge < -0.3 is 9.47 Å². The van der Waals surface area contributed by atoms with Gasteiger partial charge in [-0.1, -0.05) is 71.7 Å². The predicted molar refractivity (Wildman–Crippen MR) is 176 cm³/mol. The zero-order chi connectivity index (χ0) is 33.2. The quantitative estimate of drug-likeness (QED) is 0.175. The number of nitrogens with one attached hydrogen (secondary N) is 2. The second kappa shape index (κ2) is 14.0. The number of benzene rings is 4. The summed E-state index contributed by atoms with van der Waals surface area (Å²) in [4.78, 5) is 17.2. The molecule has 0 aliphatic carbocycles. The monoisotopic (exact) mass is 683 g/mol. The zero-order valence-electron chi connectivity index (χ0n) is 25.6. The summed E-state index contributed by atoms with van der Waals surface area (Å²) < 4.78 is 54.0. The van der Waals surface area contributed by atoms with Crippen LogP contribution in [0.4, 0.5) is 13.2 Å². The van der Waals surface area contributed by atoms with Gasteiger partial charge in [-0.15, -0.1) is 0 Å². The molecule has 2 unspecified atom stereocenters. The van der Waals surface area contributed by atoms with Crippen LogP contribution in [-0.4, -0.2) is 43.6 Å². The maximum Gasteiger partial charge on any atom is 0.416 e. The topological polar surface area (TPSA) is 62.8 Å². The van der Waals surface area contributed by atoms with Gasteiger partial charge in [-0.05, 0) is 66.1 Å². The van der Waals surface area contributed by atoms with Gasteiger partial charge in [-0.25, -0.2) is 0 Å². The van der Waals surface area contributed by atoms with Crippen LogP contribution >= 0.6 is 23.2 Å². The second-order valence-corrected chi connectivity index (χ2v) is 12.5. The Morgan fingerprint density at radius 2 is 1.43 bits per heavy atom. The number of ketones is 1. The van der Waals surface area contributed by atoms with Crippen LogP contribution in [-0.2, 0) is 23.1 Å². The van der Waals surface area contributed by atoms with E-state index in [0.717, 1.165) is 41.9 Å². The number of halogens is 5. The number of ether oxygens (including phenoxy) is 2. The third-order valence-electron chi connectivity index (χ3n) is 8.61. The number of carbonyl (C=O) groups is 1. The predicted octanol–water partition coefficient (Wildman–Crippen LogP) is 7.95. The van der Waals surface area contributed by atoms with Crippen molar-refractivity contribution >= 4 is 29.0 Å². The van der Waals surface area contributed by atoms with Gasteiger partial charge in [0.2, 0.25) is 5.78 Å². The Morgan fingerprint density at radius 3 is 1.94 bits per heavy atom. The number of nitrogens with zero attached hydrogens (tertiary/aromatic N) is 1. The second-order valence-electron chi connectivity index (χ2n) is 11.7. The fourth-order valence-electron chi connectivity index (χ4n) is 6.25. The fraction of sp³-hybridized carbons (Fsp3) is 0.306. The van der Waals surface area contributed by atoms with Gasteiger partial charge in [0, 0.05) is 40.8 Å². The minimum atomic E-state index is -4.66. The molecule has 4 aromatic carbocycles. The molecular formula is C36H34Cl2F3N3O3. The van der Waals surface area contributed by atoms with Crippen LogP contribution in [0.1, 0.15) is 57.2 Å². The molecule has 0 saturated carbocycles. The van der Waals surface area contributed by atoms with Crippen LogP contribution in [0.5, 0.6) is 5.75 Å². The number of carbonyl (C=O) groups excluding carboxylic acids is 1. The lowest BCUT2D eigenvalue weighted by Crippen LogP contribution is -2.53. The summed E-state index contributed by atoms with van der Waals surface area (Å²) >= 11 is 12.4. The molecule has 6 rings (SSSR count). The molecular weight excluding hydrogens is 650 g/mol. The van der Waals surface area contributed by atoms with E-state index in [1.54, 1.807) is 43.3 Å². The number of morpholine rings is 1. The van der Waals surface area contributed by atoms with Crippen molar-refractivity contribution in [1.82, 2.24) is 15.5 Å². The van der Waals surface area contributed by atoms with E-state index in [9.17, 15) is 18.0 Å². The first-order chi connectivity index (χ1) is 22.6. The SMILES string of the molecule is CCOc1ccc(C(F)(F)F)cc1C1(C(=O)c2ccc(CN3CCOCC3)cc2)NC(c2ccc(Cl)cc2)C(c2ccc(Cl)cc2)N1.